The number of nitro groups is 1. The minimum absolute atomic E-state index is 0.0231. The molecule has 0 aromatic heterocycles. The number of nitro benzene ring substituents is 1. The molecule has 1 saturated heterocycles. The molecule has 1 aliphatic heterocycles. The van der Waals surface area contributed by atoms with Crippen LogP contribution in [0.4, 0.5) is 5.69 Å². The number of nitrogens with one attached hydrogen (secondary N) is 1. The van der Waals surface area contributed by atoms with Gasteiger partial charge in [0, 0.05) is 43.0 Å². The monoisotopic (exact) mass is 381 g/mol. The molecular formula is C13H18Cl2N3O4P. The second-order valence-corrected chi connectivity index (χ2v) is 7.88. The number of nitrogens with zero attached hydrogens (tertiary/aromatic N) is 2. The summed E-state index contributed by atoms with van der Waals surface area (Å²) in [7, 11) is -3.23. The summed E-state index contributed by atoms with van der Waals surface area (Å²) in [6, 6.07) is 6.00. The zero-order valence-electron chi connectivity index (χ0n) is 12.4. The molecule has 0 unspecified atom stereocenters. The third-order valence-corrected chi connectivity index (χ3v) is 6.21. The van der Waals surface area contributed by atoms with Gasteiger partial charge in [0.2, 0.25) is 0 Å². The van der Waals surface area contributed by atoms with E-state index in [2.05, 4.69) is 5.09 Å². The molecule has 10 heteroatoms. The van der Waals surface area contributed by atoms with Gasteiger partial charge in [0.15, 0.2) is 0 Å². The van der Waals surface area contributed by atoms with Crippen molar-refractivity contribution in [3.8, 4) is 0 Å². The summed E-state index contributed by atoms with van der Waals surface area (Å²) in [6.45, 7) is 1.12. The predicted octanol–water partition coefficient (Wildman–Crippen LogP) is 3.53. The SMILES string of the molecule is O=[N+]([O-])c1ccc([C@@H]2CCO[P@@](=O)(N(CCCl)CCCl)N2)cc1. The van der Waals surface area contributed by atoms with Crippen LogP contribution in [-0.4, -0.2) is 41.1 Å². The molecular weight excluding hydrogens is 364 g/mol. The smallest absolute Gasteiger partial charge is 0.306 e. The highest BCUT2D eigenvalue weighted by molar-refractivity contribution is 7.54. The van der Waals surface area contributed by atoms with Crippen LogP contribution in [0.2, 0.25) is 0 Å². The summed E-state index contributed by atoms with van der Waals surface area (Å²) in [5.41, 5.74) is 0.853. The molecule has 1 aliphatic rings. The lowest BCUT2D eigenvalue weighted by Crippen LogP contribution is -2.37. The van der Waals surface area contributed by atoms with Crippen molar-refractivity contribution in [2.45, 2.75) is 12.5 Å². The number of benzene rings is 1. The Hall–Kier alpha value is -0.690. The lowest BCUT2D eigenvalue weighted by Gasteiger charge is -2.37. The van der Waals surface area contributed by atoms with Crippen LogP contribution < -0.4 is 5.09 Å². The molecule has 1 N–H and O–H groups in total. The molecule has 1 fully saturated rings. The first-order valence-corrected chi connectivity index (χ1v) is 9.79. The third kappa shape index (κ3) is 4.66. The maximum absolute atomic E-state index is 13.0. The summed E-state index contributed by atoms with van der Waals surface area (Å²) >= 11 is 11.5. The van der Waals surface area contributed by atoms with E-state index < -0.39 is 12.6 Å². The maximum Gasteiger partial charge on any atom is 0.344 e. The summed E-state index contributed by atoms with van der Waals surface area (Å²) < 4.78 is 20.2. The number of alkyl halides is 2. The van der Waals surface area contributed by atoms with Crippen LogP contribution in [0.1, 0.15) is 18.0 Å². The number of rotatable bonds is 7. The van der Waals surface area contributed by atoms with Gasteiger partial charge in [0.1, 0.15) is 0 Å². The van der Waals surface area contributed by atoms with Gasteiger partial charge in [-0.05, 0) is 12.0 Å². The summed E-state index contributed by atoms with van der Waals surface area (Å²) in [5, 5.41) is 13.8. The Kier molecular flexibility index (Phi) is 6.83. The minimum atomic E-state index is -3.23. The van der Waals surface area contributed by atoms with Crippen LogP contribution >= 0.6 is 30.9 Å². The molecule has 0 radical (unpaired) electrons. The second kappa shape index (κ2) is 8.42. The van der Waals surface area contributed by atoms with Crippen LogP contribution in [0.5, 0.6) is 0 Å². The number of halogens is 2. The fraction of sp³-hybridized carbons (Fsp3) is 0.538. The molecule has 128 valence electrons. The predicted molar refractivity (Wildman–Crippen MR) is 90.2 cm³/mol. The number of non-ortho nitro benzene ring substituents is 1. The van der Waals surface area contributed by atoms with Crippen molar-refractivity contribution in [1.29, 1.82) is 0 Å². The van der Waals surface area contributed by atoms with Gasteiger partial charge >= 0.3 is 7.67 Å². The fourth-order valence-corrected chi connectivity index (χ4v) is 5.19. The summed E-state index contributed by atoms with van der Waals surface area (Å²) in [4.78, 5) is 10.3. The van der Waals surface area contributed by atoms with E-state index in [1.165, 1.54) is 12.1 Å². The average molecular weight is 382 g/mol. The van der Waals surface area contributed by atoms with Crippen LogP contribution in [0.25, 0.3) is 0 Å². The van der Waals surface area contributed by atoms with E-state index in [4.69, 9.17) is 27.7 Å². The van der Waals surface area contributed by atoms with Gasteiger partial charge in [-0.25, -0.2) is 9.76 Å². The lowest BCUT2D eigenvalue weighted by atomic mass is 10.0. The quantitative estimate of drug-likeness (QED) is 0.336. The molecule has 1 aromatic rings. The van der Waals surface area contributed by atoms with E-state index in [1.54, 1.807) is 16.8 Å². The van der Waals surface area contributed by atoms with Crippen molar-refractivity contribution in [1.82, 2.24) is 9.76 Å². The molecule has 1 heterocycles. The van der Waals surface area contributed by atoms with E-state index in [0.29, 0.717) is 37.9 Å². The topological polar surface area (TPSA) is 84.7 Å². The Bertz CT molecular complexity index is 581. The largest absolute Gasteiger partial charge is 0.344 e. The molecule has 0 bridgehead atoms. The maximum atomic E-state index is 13.0. The standard InChI is InChI=1S/C13H18Cl2N3O4P/c14-6-8-17(9-7-15)23(21)16-13(5-10-22-23)11-1-3-12(4-2-11)18(19)20/h1-4,13H,5-10H2,(H,16,21)/t13-,23+/m0/s1. The van der Waals surface area contributed by atoms with Gasteiger partial charge < -0.3 is 4.52 Å². The molecule has 0 amide bonds. The normalized spacial score (nSPS) is 24.7. The van der Waals surface area contributed by atoms with Crippen molar-refractivity contribution in [3.63, 3.8) is 0 Å². The van der Waals surface area contributed by atoms with Crippen LogP contribution in [0, 0.1) is 10.1 Å². The van der Waals surface area contributed by atoms with Gasteiger partial charge in [-0.1, -0.05) is 12.1 Å². The number of hydrogen-bond donors (Lipinski definition) is 1. The van der Waals surface area contributed by atoms with Gasteiger partial charge in [-0.2, -0.15) is 0 Å². The van der Waals surface area contributed by atoms with Crippen LogP contribution in [0.3, 0.4) is 0 Å². The van der Waals surface area contributed by atoms with Gasteiger partial charge in [0.05, 0.1) is 11.5 Å². The highest BCUT2D eigenvalue weighted by Gasteiger charge is 2.37. The third-order valence-electron chi connectivity index (χ3n) is 3.56. The minimum Gasteiger partial charge on any atom is -0.306 e. The van der Waals surface area contributed by atoms with E-state index in [0.717, 1.165) is 5.56 Å². The van der Waals surface area contributed by atoms with Crippen molar-refractivity contribution >= 4 is 36.6 Å². The van der Waals surface area contributed by atoms with Crippen molar-refractivity contribution in [2.24, 2.45) is 0 Å². The molecule has 2 rings (SSSR count). The van der Waals surface area contributed by atoms with Gasteiger partial charge in [-0.3, -0.25) is 14.7 Å². The van der Waals surface area contributed by atoms with Crippen molar-refractivity contribution in [2.75, 3.05) is 31.5 Å². The first-order valence-electron chi connectivity index (χ1n) is 7.14. The Morgan fingerprint density at radius 2 is 1.91 bits per heavy atom. The Balaban J connectivity index is 2.15. The first kappa shape index (κ1) is 18.6. The molecule has 2 atom stereocenters. The second-order valence-electron chi connectivity index (χ2n) is 5.00. The highest BCUT2D eigenvalue weighted by Crippen LogP contribution is 2.52. The van der Waals surface area contributed by atoms with Crippen LogP contribution in [-0.2, 0) is 9.09 Å². The Morgan fingerprint density at radius 3 is 2.43 bits per heavy atom. The van der Waals surface area contributed by atoms with Gasteiger partial charge in [0.25, 0.3) is 5.69 Å². The lowest BCUT2D eigenvalue weighted by molar-refractivity contribution is -0.384. The zero-order chi connectivity index (χ0) is 16.9. The molecule has 0 aliphatic carbocycles. The van der Waals surface area contributed by atoms with Gasteiger partial charge in [-0.15, -0.1) is 23.2 Å². The average Bonchev–Trinajstić information content (AvgIpc) is 2.55. The molecule has 0 saturated carbocycles. The van der Waals surface area contributed by atoms with Crippen molar-refractivity contribution in [3.05, 3.63) is 39.9 Å². The molecule has 1 aromatic carbocycles. The number of hydrogen-bond acceptors (Lipinski definition) is 4. The highest BCUT2D eigenvalue weighted by atomic mass is 35.5. The molecule has 0 spiro atoms. The summed E-state index contributed by atoms with van der Waals surface area (Å²) in [6.07, 6.45) is 0.622. The molecule has 23 heavy (non-hydrogen) atoms. The Morgan fingerprint density at radius 1 is 1.30 bits per heavy atom. The van der Waals surface area contributed by atoms with E-state index in [9.17, 15) is 14.7 Å². The molecule has 7 nitrogen and oxygen atoms in total. The van der Waals surface area contributed by atoms with Crippen molar-refractivity contribution < 1.29 is 14.0 Å². The first-order chi connectivity index (χ1) is 11.0. The van der Waals surface area contributed by atoms with E-state index in [1.807, 2.05) is 0 Å². The zero-order valence-corrected chi connectivity index (χ0v) is 14.8. The van der Waals surface area contributed by atoms with Crippen LogP contribution in [0.15, 0.2) is 24.3 Å². The van der Waals surface area contributed by atoms with E-state index >= 15 is 0 Å². The Labute approximate surface area is 144 Å². The fourth-order valence-electron chi connectivity index (χ4n) is 2.40. The van der Waals surface area contributed by atoms with E-state index in [-0.39, 0.29) is 11.7 Å². The summed E-state index contributed by atoms with van der Waals surface area (Å²) in [5.74, 6) is 0.627.